The van der Waals surface area contributed by atoms with Crippen molar-refractivity contribution in [2.75, 3.05) is 0 Å². The number of nitrogens with zero attached hydrogens (tertiary/aromatic N) is 1. The van der Waals surface area contributed by atoms with E-state index in [0.717, 1.165) is 9.99 Å². The lowest BCUT2D eigenvalue weighted by Crippen LogP contribution is -1.85. The third-order valence-corrected chi connectivity index (χ3v) is 2.19. The molecule has 0 bridgehead atoms. The van der Waals surface area contributed by atoms with Gasteiger partial charge in [-0.1, -0.05) is 28.7 Å². The van der Waals surface area contributed by atoms with Gasteiger partial charge in [-0.25, -0.2) is 4.39 Å². The fourth-order valence-electron chi connectivity index (χ4n) is 0.732. The second-order valence-corrected chi connectivity index (χ2v) is 2.82. The minimum absolute atomic E-state index is 0.110. The lowest BCUT2D eigenvalue weighted by molar-refractivity contribution is 0.622. The Kier molecular flexibility index (Phi) is 2.83. The van der Waals surface area contributed by atoms with E-state index in [1.807, 2.05) is 0 Å². The first-order valence-corrected chi connectivity index (χ1v) is 4.55. The predicted octanol–water partition coefficient (Wildman–Crippen LogP) is 2.63. The van der Waals surface area contributed by atoms with Gasteiger partial charge in [0.1, 0.15) is 11.9 Å². The van der Waals surface area contributed by atoms with Crippen LogP contribution in [0.3, 0.4) is 0 Å². The molecule has 56 valence electrons. The highest BCUT2D eigenvalue weighted by atomic mass is 127. The van der Waals surface area contributed by atoms with E-state index in [2.05, 4.69) is 22.6 Å². The number of halogens is 2. The van der Waals surface area contributed by atoms with Crippen LogP contribution in [-0.4, -0.2) is 0 Å². The van der Waals surface area contributed by atoms with E-state index in [9.17, 15) is 4.39 Å². The fraction of sp³-hybridized carbons (Fsp3) is 0.125. The quantitative estimate of drug-likeness (QED) is 0.563. The summed E-state index contributed by atoms with van der Waals surface area (Å²) in [6.45, 7) is 0. The summed E-state index contributed by atoms with van der Waals surface area (Å²) < 4.78 is 13.6. The molecule has 1 rings (SSSR count). The summed E-state index contributed by atoms with van der Waals surface area (Å²) in [6, 6.07) is 6.42. The molecule has 0 saturated carbocycles. The Labute approximate surface area is 78.0 Å². The molecule has 0 saturated heterocycles. The highest BCUT2D eigenvalue weighted by molar-refractivity contribution is 14.1. The van der Waals surface area contributed by atoms with Crippen molar-refractivity contribution in [3.63, 3.8) is 0 Å². The Bertz CT molecular complexity index is 303. The maximum atomic E-state index is 12.8. The first kappa shape index (κ1) is 8.47. The van der Waals surface area contributed by atoms with E-state index in [1.165, 1.54) is 12.1 Å². The Morgan fingerprint density at radius 1 is 1.55 bits per heavy atom. The van der Waals surface area contributed by atoms with Crippen molar-refractivity contribution < 1.29 is 4.39 Å². The van der Waals surface area contributed by atoms with Crippen LogP contribution in [0.15, 0.2) is 18.2 Å². The molecule has 11 heavy (non-hydrogen) atoms. The molecule has 0 aromatic heterocycles. The van der Waals surface area contributed by atoms with Gasteiger partial charge in [-0.3, -0.25) is 0 Å². The van der Waals surface area contributed by atoms with Gasteiger partial charge in [0.15, 0.2) is 0 Å². The molecule has 0 spiro atoms. The topological polar surface area (TPSA) is 23.8 Å². The third kappa shape index (κ3) is 1.90. The molecule has 0 aliphatic carbocycles. The van der Waals surface area contributed by atoms with E-state index in [1.54, 1.807) is 12.1 Å². The van der Waals surface area contributed by atoms with Crippen LogP contribution < -0.4 is 0 Å². The molecule has 1 aromatic rings. The second kappa shape index (κ2) is 3.67. The molecule has 0 aliphatic heterocycles. The number of hydrogen-bond acceptors (Lipinski definition) is 1. The fourth-order valence-corrected chi connectivity index (χ4v) is 1.21. The van der Waals surface area contributed by atoms with Gasteiger partial charge in [-0.05, 0) is 17.7 Å². The van der Waals surface area contributed by atoms with Gasteiger partial charge in [-0.2, -0.15) is 5.26 Å². The van der Waals surface area contributed by atoms with E-state index in [0.29, 0.717) is 0 Å². The molecular weight excluding hydrogens is 256 g/mol. The summed E-state index contributed by atoms with van der Waals surface area (Å²) >= 11 is 2.14. The summed E-state index contributed by atoms with van der Waals surface area (Å²) in [6.07, 6.45) is 0. The molecule has 0 heterocycles. The Morgan fingerprint density at radius 3 is 2.73 bits per heavy atom. The molecule has 0 atom stereocenters. The summed E-state index contributed by atoms with van der Waals surface area (Å²) in [7, 11) is 0. The highest BCUT2D eigenvalue weighted by Gasteiger charge is 2.00. The number of hydrogen-bond donors (Lipinski definition) is 0. The molecule has 1 aromatic carbocycles. The molecule has 0 N–H and O–H groups in total. The van der Waals surface area contributed by atoms with E-state index < -0.39 is 5.82 Å². The van der Waals surface area contributed by atoms with Crippen LogP contribution in [0.4, 0.5) is 4.39 Å². The van der Waals surface area contributed by atoms with Crippen molar-refractivity contribution in [1.29, 1.82) is 5.26 Å². The minimum atomic E-state index is -0.429. The first-order valence-electron chi connectivity index (χ1n) is 3.02. The molecule has 0 radical (unpaired) electrons. The summed E-state index contributed by atoms with van der Waals surface area (Å²) in [4.78, 5) is 0. The maximum absolute atomic E-state index is 12.8. The zero-order valence-electron chi connectivity index (χ0n) is 5.64. The van der Waals surface area contributed by atoms with Crippen molar-refractivity contribution in [2.24, 2.45) is 0 Å². The number of nitriles is 1. The van der Waals surface area contributed by atoms with Crippen LogP contribution in [0.25, 0.3) is 0 Å². The summed E-state index contributed by atoms with van der Waals surface area (Å²) in [5, 5.41) is 8.39. The zero-order chi connectivity index (χ0) is 8.27. The monoisotopic (exact) mass is 261 g/mol. The van der Waals surface area contributed by atoms with Crippen LogP contribution in [0.5, 0.6) is 0 Å². The standard InChI is InChI=1S/C8H5FIN/c9-8-3-6(4-10)1-2-7(8)5-11/h1-3H,4H2. The van der Waals surface area contributed by atoms with Crippen LogP contribution >= 0.6 is 22.6 Å². The summed E-state index contributed by atoms with van der Waals surface area (Å²) in [5.41, 5.74) is 1.01. The van der Waals surface area contributed by atoms with Crippen molar-refractivity contribution in [3.8, 4) is 6.07 Å². The normalized spacial score (nSPS) is 9.18. The van der Waals surface area contributed by atoms with Crippen molar-refractivity contribution >= 4 is 22.6 Å². The number of rotatable bonds is 1. The van der Waals surface area contributed by atoms with Gasteiger partial charge < -0.3 is 0 Å². The predicted molar refractivity (Wildman–Crippen MR) is 48.8 cm³/mol. The molecule has 0 amide bonds. The summed E-state index contributed by atoms with van der Waals surface area (Å²) in [5.74, 6) is -0.429. The average molecular weight is 261 g/mol. The van der Waals surface area contributed by atoms with Crippen molar-refractivity contribution in [3.05, 3.63) is 35.1 Å². The van der Waals surface area contributed by atoms with Crippen LogP contribution in [0.1, 0.15) is 11.1 Å². The highest BCUT2D eigenvalue weighted by Crippen LogP contribution is 2.11. The van der Waals surface area contributed by atoms with Crippen LogP contribution in [-0.2, 0) is 4.43 Å². The average Bonchev–Trinajstić information content (AvgIpc) is 2.04. The van der Waals surface area contributed by atoms with E-state index in [4.69, 9.17) is 5.26 Å². The maximum Gasteiger partial charge on any atom is 0.141 e. The Hall–Kier alpha value is -0.630. The largest absolute Gasteiger partial charge is 0.206 e. The molecular formula is C8H5FIN. The Morgan fingerprint density at radius 2 is 2.27 bits per heavy atom. The molecule has 0 fully saturated rings. The van der Waals surface area contributed by atoms with Crippen LogP contribution in [0, 0.1) is 17.1 Å². The van der Waals surface area contributed by atoms with Gasteiger partial charge in [-0.15, -0.1) is 0 Å². The van der Waals surface area contributed by atoms with Gasteiger partial charge in [0.25, 0.3) is 0 Å². The molecule has 1 nitrogen and oxygen atoms in total. The Balaban J connectivity index is 3.12. The van der Waals surface area contributed by atoms with Crippen molar-refractivity contribution in [1.82, 2.24) is 0 Å². The first-order chi connectivity index (χ1) is 5.27. The van der Waals surface area contributed by atoms with Gasteiger partial charge in [0.2, 0.25) is 0 Å². The third-order valence-electron chi connectivity index (χ3n) is 1.31. The van der Waals surface area contributed by atoms with Crippen molar-refractivity contribution in [2.45, 2.75) is 4.43 Å². The number of benzene rings is 1. The molecule has 3 heteroatoms. The van der Waals surface area contributed by atoms with E-state index >= 15 is 0 Å². The molecule has 0 aliphatic rings. The van der Waals surface area contributed by atoms with Gasteiger partial charge >= 0.3 is 0 Å². The van der Waals surface area contributed by atoms with Gasteiger partial charge in [0, 0.05) is 4.43 Å². The van der Waals surface area contributed by atoms with E-state index in [-0.39, 0.29) is 5.56 Å². The second-order valence-electron chi connectivity index (χ2n) is 2.06. The molecule has 0 unspecified atom stereocenters. The lowest BCUT2D eigenvalue weighted by atomic mass is 10.1. The number of alkyl halides is 1. The van der Waals surface area contributed by atoms with Gasteiger partial charge in [0.05, 0.1) is 5.56 Å². The van der Waals surface area contributed by atoms with Crippen LogP contribution in [0.2, 0.25) is 0 Å². The minimum Gasteiger partial charge on any atom is -0.206 e. The SMILES string of the molecule is N#Cc1ccc(CI)cc1F. The zero-order valence-corrected chi connectivity index (χ0v) is 7.80. The smallest absolute Gasteiger partial charge is 0.141 e. The lowest BCUT2D eigenvalue weighted by Gasteiger charge is -1.95.